The van der Waals surface area contributed by atoms with Crippen molar-refractivity contribution < 1.29 is 27.9 Å². The first-order valence-corrected chi connectivity index (χ1v) is 8.61. The Morgan fingerprint density at radius 1 is 1.00 bits per heavy atom. The molecule has 1 amide bonds. The van der Waals surface area contributed by atoms with Gasteiger partial charge < -0.3 is 19.2 Å². The molecule has 7 heteroatoms. The van der Waals surface area contributed by atoms with Crippen LogP contribution in [0, 0.1) is 5.82 Å². The first-order valence-electron chi connectivity index (χ1n) is 8.61. The number of furan rings is 1. The van der Waals surface area contributed by atoms with E-state index in [2.05, 4.69) is 5.32 Å². The van der Waals surface area contributed by atoms with Crippen molar-refractivity contribution in [1.82, 2.24) is 0 Å². The highest BCUT2D eigenvalue weighted by Crippen LogP contribution is 2.17. The maximum absolute atomic E-state index is 12.9. The molecule has 28 heavy (non-hydrogen) atoms. The molecular weight excluding hydrogens is 365 g/mol. The summed E-state index contributed by atoms with van der Waals surface area (Å²) >= 11 is 0. The molecule has 1 N–H and O–H groups in total. The van der Waals surface area contributed by atoms with Crippen LogP contribution in [0.5, 0.6) is 5.75 Å². The van der Waals surface area contributed by atoms with E-state index in [-0.39, 0.29) is 18.2 Å². The van der Waals surface area contributed by atoms with Crippen LogP contribution in [0.2, 0.25) is 0 Å². The van der Waals surface area contributed by atoms with E-state index in [9.17, 15) is 14.0 Å². The van der Waals surface area contributed by atoms with Crippen LogP contribution in [0.4, 0.5) is 10.1 Å². The van der Waals surface area contributed by atoms with Crippen LogP contribution in [0.15, 0.2) is 65.1 Å². The van der Waals surface area contributed by atoms with E-state index in [4.69, 9.17) is 13.9 Å². The molecule has 0 atom stereocenters. The van der Waals surface area contributed by atoms with E-state index >= 15 is 0 Å². The van der Waals surface area contributed by atoms with Gasteiger partial charge in [-0.05, 0) is 67.6 Å². The number of ether oxygens (including phenoxy) is 2. The Hall–Kier alpha value is -3.61. The van der Waals surface area contributed by atoms with Gasteiger partial charge in [0.05, 0.1) is 12.2 Å². The average Bonchev–Trinajstić information content (AvgIpc) is 3.17. The van der Waals surface area contributed by atoms with Gasteiger partial charge in [0.1, 0.15) is 23.9 Å². The number of nitrogens with one attached hydrogen (secondary N) is 1. The average molecular weight is 383 g/mol. The second-order valence-corrected chi connectivity index (χ2v) is 5.76. The number of esters is 1. The zero-order chi connectivity index (χ0) is 19.9. The van der Waals surface area contributed by atoms with Gasteiger partial charge in [0.2, 0.25) is 0 Å². The molecule has 0 aliphatic carbocycles. The first kappa shape index (κ1) is 19.2. The summed E-state index contributed by atoms with van der Waals surface area (Å²) in [6.07, 6.45) is 0. The molecule has 1 heterocycles. The molecule has 3 rings (SSSR count). The van der Waals surface area contributed by atoms with Crippen molar-refractivity contribution in [2.24, 2.45) is 0 Å². The molecule has 0 aliphatic rings. The second kappa shape index (κ2) is 8.85. The van der Waals surface area contributed by atoms with Crippen molar-refractivity contribution in [1.29, 1.82) is 0 Å². The fraction of sp³-hybridized carbons (Fsp3) is 0.143. The Bertz CT molecular complexity index is 948. The molecular formula is C21H18FNO5. The molecule has 0 unspecified atom stereocenters. The molecule has 144 valence electrons. The van der Waals surface area contributed by atoms with E-state index in [0.717, 1.165) is 0 Å². The third kappa shape index (κ3) is 4.97. The minimum absolute atomic E-state index is 0.104. The van der Waals surface area contributed by atoms with E-state index in [1.807, 2.05) is 0 Å². The number of hydrogen-bond donors (Lipinski definition) is 1. The molecule has 2 aromatic carbocycles. The lowest BCUT2D eigenvalue weighted by Gasteiger charge is -2.05. The van der Waals surface area contributed by atoms with Crippen LogP contribution in [0.1, 0.15) is 33.6 Å². The first-order chi connectivity index (χ1) is 13.5. The maximum atomic E-state index is 12.9. The molecule has 0 radical (unpaired) electrons. The number of anilines is 1. The highest BCUT2D eigenvalue weighted by atomic mass is 19.1. The van der Waals surface area contributed by atoms with Crippen LogP contribution in [-0.2, 0) is 11.3 Å². The van der Waals surface area contributed by atoms with Crippen LogP contribution in [-0.4, -0.2) is 18.5 Å². The molecule has 0 fully saturated rings. The highest BCUT2D eigenvalue weighted by molar-refractivity contribution is 6.02. The van der Waals surface area contributed by atoms with E-state index < -0.39 is 11.9 Å². The Labute approximate surface area is 160 Å². The summed E-state index contributed by atoms with van der Waals surface area (Å²) in [6, 6.07) is 15.1. The standard InChI is InChI=1S/C21H18FNO5/c1-2-26-21(25)14-3-7-16(8-4-14)23-20(24)19-12-11-18(28-19)13-27-17-9-5-15(22)6-10-17/h3-12H,2,13H2,1H3,(H,23,24). The van der Waals surface area contributed by atoms with Crippen molar-refractivity contribution in [3.63, 3.8) is 0 Å². The van der Waals surface area contributed by atoms with Crippen LogP contribution < -0.4 is 10.1 Å². The van der Waals surface area contributed by atoms with Gasteiger partial charge in [-0.1, -0.05) is 0 Å². The summed E-state index contributed by atoms with van der Waals surface area (Å²) in [4.78, 5) is 23.9. The Morgan fingerprint density at radius 2 is 1.71 bits per heavy atom. The smallest absolute Gasteiger partial charge is 0.338 e. The molecule has 0 bridgehead atoms. The number of hydrogen-bond acceptors (Lipinski definition) is 5. The Balaban J connectivity index is 1.56. The van der Waals surface area contributed by atoms with Gasteiger partial charge in [-0.25, -0.2) is 9.18 Å². The molecule has 0 spiro atoms. The monoisotopic (exact) mass is 383 g/mol. The molecule has 0 aliphatic heterocycles. The van der Waals surface area contributed by atoms with Gasteiger partial charge in [0.15, 0.2) is 5.76 Å². The predicted molar refractivity (Wildman–Crippen MR) is 99.8 cm³/mol. The van der Waals surface area contributed by atoms with Crippen LogP contribution in [0.25, 0.3) is 0 Å². The summed E-state index contributed by atoms with van der Waals surface area (Å²) in [7, 11) is 0. The number of carbonyl (C=O) groups excluding carboxylic acids is 2. The van der Waals surface area contributed by atoms with Gasteiger partial charge in [0, 0.05) is 5.69 Å². The third-order valence-corrected chi connectivity index (χ3v) is 3.73. The lowest BCUT2D eigenvalue weighted by Crippen LogP contribution is -2.11. The Morgan fingerprint density at radius 3 is 2.39 bits per heavy atom. The lowest BCUT2D eigenvalue weighted by atomic mass is 10.2. The third-order valence-electron chi connectivity index (χ3n) is 3.73. The summed E-state index contributed by atoms with van der Waals surface area (Å²) < 4.78 is 28.7. The number of halogens is 1. The minimum Gasteiger partial charge on any atom is -0.486 e. The fourth-order valence-corrected chi connectivity index (χ4v) is 2.36. The van der Waals surface area contributed by atoms with Crippen molar-refractivity contribution in [3.05, 3.63) is 83.6 Å². The maximum Gasteiger partial charge on any atom is 0.338 e. The molecule has 6 nitrogen and oxygen atoms in total. The number of rotatable bonds is 7. The topological polar surface area (TPSA) is 77.8 Å². The highest BCUT2D eigenvalue weighted by Gasteiger charge is 2.13. The second-order valence-electron chi connectivity index (χ2n) is 5.76. The lowest BCUT2D eigenvalue weighted by molar-refractivity contribution is 0.0526. The van der Waals surface area contributed by atoms with Crippen LogP contribution in [0.3, 0.4) is 0 Å². The van der Waals surface area contributed by atoms with E-state index in [1.165, 1.54) is 30.3 Å². The zero-order valence-electron chi connectivity index (χ0n) is 15.1. The summed E-state index contributed by atoms with van der Waals surface area (Å²) in [5.74, 6) is -0.140. The number of carbonyl (C=O) groups is 2. The minimum atomic E-state index is -0.433. The zero-order valence-corrected chi connectivity index (χ0v) is 15.1. The molecule has 0 saturated heterocycles. The van der Waals surface area contributed by atoms with Gasteiger partial charge >= 0.3 is 5.97 Å². The van der Waals surface area contributed by atoms with Gasteiger partial charge in [0.25, 0.3) is 5.91 Å². The quantitative estimate of drug-likeness (QED) is 0.611. The summed E-state index contributed by atoms with van der Waals surface area (Å²) in [5.41, 5.74) is 0.914. The predicted octanol–water partition coefficient (Wildman–Crippen LogP) is 4.43. The van der Waals surface area contributed by atoms with Gasteiger partial charge in [-0.3, -0.25) is 4.79 Å². The van der Waals surface area contributed by atoms with E-state index in [1.54, 1.807) is 37.3 Å². The molecule has 1 aromatic heterocycles. The normalized spacial score (nSPS) is 10.4. The number of benzene rings is 2. The van der Waals surface area contributed by atoms with Crippen molar-refractivity contribution >= 4 is 17.6 Å². The molecule has 3 aromatic rings. The summed E-state index contributed by atoms with van der Waals surface area (Å²) in [5, 5.41) is 2.68. The van der Waals surface area contributed by atoms with Gasteiger partial charge in [-0.15, -0.1) is 0 Å². The number of amides is 1. The van der Waals surface area contributed by atoms with Crippen molar-refractivity contribution in [2.75, 3.05) is 11.9 Å². The fourth-order valence-electron chi connectivity index (χ4n) is 2.36. The van der Waals surface area contributed by atoms with E-state index in [0.29, 0.717) is 29.4 Å². The van der Waals surface area contributed by atoms with Crippen LogP contribution >= 0.6 is 0 Å². The molecule has 0 saturated carbocycles. The van der Waals surface area contributed by atoms with Crippen molar-refractivity contribution in [3.8, 4) is 5.75 Å². The largest absolute Gasteiger partial charge is 0.486 e. The van der Waals surface area contributed by atoms with Crippen molar-refractivity contribution in [2.45, 2.75) is 13.5 Å². The Kier molecular flexibility index (Phi) is 6.06. The SMILES string of the molecule is CCOC(=O)c1ccc(NC(=O)c2ccc(COc3ccc(F)cc3)o2)cc1. The summed E-state index contributed by atoms with van der Waals surface area (Å²) in [6.45, 7) is 2.13. The van der Waals surface area contributed by atoms with Gasteiger partial charge in [-0.2, -0.15) is 0 Å².